The summed E-state index contributed by atoms with van der Waals surface area (Å²) in [6.45, 7) is 6.53. The van der Waals surface area contributed by atoms with Crippen LogP contribution in [0.15, 0.2) is 6.20 Å². The summed E-state index contributed by atoms with van der Waals surface area (Å²) in [7, 11) is 0. The van der Waals surface area contributed by atoms with Crippen LogP contribution in [0.1, 0.15) is 23.2 Å². The second kappa shape index (κ2) is 6.08. The van der Waals surface area contributed by atoms with E-state index in [-0.39, 0.29) is 10.6 Å². The summed E-state index contributed by atoms with van der Waals surface area (Å²) in [6, 6.07) is 0. The molecule has 6 nitrogen and oxygen atoms in total. The lowest BCUT2D eigenvalue weighted by Gasteiger charge is -2.11. The van der Waals surface area contributed by atoms with Gasteiger partial charge in [-0.2, -0.15) is 0 Å². The smallest absolute Gasteiger partial charge is 0.278 e. The van der Waals surface area contributed by atoms with Gasteiger partial charge in [0.1, 0.15) is 0 Å². The predicted molar refractivity (Wildman–Crippen MR) is 71.0 cm³/mol. The number of rotatable bonds is 5. The normalized spacial score (nSPS) is 18.7. The third kappa shape index (κ3) is 3.27. The molecule has 2 rings (SSSR count). The van der Waals surface area contributed by atoms with Crippen LogP contribution in [0.2, 0.25) is 0 Å². The molecule has 104 valence electrons. The second-order valence-corrected chi connectivity index (χ2v) is 4.98. The van der Waals surface area contributed by atoms with E-state index in [2.05, 4.69) is 10.3 Å². The Morgan fingerprint density at radius 2 is 2.37 bits per heavy atom. The Bertz CT molecular complexity index is 470. The van der Waals surface area contributed by atoms with E-state index >= 15 is 0 Å². The van der Waals surface area contributed by atoms with Gasteiger partial charge in [-0.1, -0.05) is 0 Å². The van der Waals surface area contributed by atoms with Crippen LogP contribution in [0.3, 0.4) is 0 Å². The van der Waals surface area contributed by atoms with Gasteiger partial charge in [-0.25, -0.2) is 0 Å². The molecule has 1 saturated heterocycles. The molecule has 0 saturated carbocycles. The maximum atomic E-state index is 11.0. The first kappa shape index (κ1) is 13.9. The van der Waals surface area contributed by atoms with Gasteiger partial charge >= 0.3 is 0 Å². The number of ether oxygens (including phenoxy) is 1. The second-order valence-electron chi connectivity index (χ2n) is 4.98. The molecule has 1 aliphatic rings. The summed E-state index contributed by atoms with van der Waals surface area (Å²) in [4.78, 5) is 15.0. The average molecular weight is 265 g/mol. The Kier molecular flexibility index (Phi) is 4.44. The van der Waals surface area contributed by atoms with E-state index in [4.69, 9.17) is 4.74 Å². The average Bonchev–Trinajstić information content (AvgIpc) is 2.85. The van der Waals surface area contributed by atoms with Crippen molar-refractivity contribution in [2.75, 3.05) is 19.8 Å². The molecular weight excluding hydrogens is 246 g/mol. The summed E-state index contributed by atoms with van der Waals surface area (Å²) >= 11 is 0. The minimum absolute atomic E-state index is 0.177. The van der Waals surface area contributed by atoms with Gasteiger partial charge in [-0.3, -0.25) is 15.1 Å². The number of nitrogens with zero attached hydrogens (tertiary/aromatic N) is 2. The molecule has 0 aromatic carbocycles. The van der Waals surface area contributed by atoms with Crippen molar-refractivity contribution in [1.29, 1.82) is 0 Å². The molecule has 6 heteroatoms. The summed E-state index contributed by atoms with van der Waals surface area (Å²) in [6.07, 6.45) is 2.65. The van der Waals surface area contributed by atoms with Gasteiger partial charge in [0.05, 0.1) is 17.2 Å². The van der Waals surface area contributed by atoms with Gasteiger partial charge in [0, 0.05) is 37.0 Å². The van der Waals surface area contributed by atoms with Crippen molar-refractivity contribution < 1.29 is 9.66 Å². The fourth-order valence-corrected chi connectivity index (χ4v) is 2.36. The molecule has 1 N–H and O–H groups in total. The molecule has 1 fully saturated rings. The number of nitro groups is 1. The van der Waals surface area contributed by atoms with Crippen LogP contribution in [0.25, 0.3) is 0 Å². The van der Waals surface area contributed by atoms with Crippen LogP contribution in [-0.2, 0) is 11.3 Å². The van der Waals surface area contributed by atoms with Crippen molar-refractivity contribution in [3.05, 3.63) is 33.1 Å². The highest BCUT2D eigenvalue weighted by Crippen LogP contribution is 2.23. The van der Waals surface area contributed by atoms with E-state index < -0.39 is 0 Å². The number of hydrogen-bond acceptors (Lipinski definition) is 5. The first-order chi connectivity index (χ1) is 9.09. The third-order valence-electron chi connectivity index (χ3n) is 3.51. The molecule has 1 aliphatic heterocycles. The number of aromatic nitrogens is 1. The topological polar surface area (TPSA) is 77.3 Å². The van der Waals surface area contributed by atoms with Gasteiger partial charge < -0.3 is 10.1 Å². The van der Waals surface area contributed by atoms with Crippen LogP contribution in [0.5, 0.6) is 0 Å². The van der Waals surface area contributed by atoms with Crippen molar-refractivity contribution in [2.45, 2.75) is 26.8 Å². The molecule has 0 amide bonds. The summed E-state index contributed by atoms with van der Waals surface area (Å²) < 4.78 is 5.30. The van der Waals surface area contributed by atoms with E-state index in [1.165, 1.54) is 0 Å². The predicted octanol–water partition coefficient (Wildman–Crippen LogP) is 1.73. The highest BCUT2D eigenvalue weighted by molar-refractivity contribution is 5.47. The fourth-order valence-electron chi connectivity index (χ4n) is 2.36. The Labute approximate surface area is 112 Å². The zero-order valence-corrected chi connectivity index (χ0v) is 11.3. The van der Waals surface area contributed by atoms with Gasteiger partial charge in [-0.05, 0) is 26.2 Å². The lowest BCUT2D eigenvalue weighted by atomic mass is 10.1. The highest BCUT2D eigenvalue weighted by atomic mass is 16.6. The van der Waals surface area contributed by atoms with E-state index in [0.29, 0.717) is 23.6 Å². The zero-order valence-electron chi connectivity index (χ0n) is 11.3. The molecule has 19 heavy (non-hydrogen) atoms. The van der Waals surface area contributed by atoms with E-state index in [1.807, 2.05) is 0 Å². The molecule has 2 heterocycles. The third-order valence-corrected chi connectivity index (χ3v) is 3.51. The lowest BCUT2D eigenvalue weighted by molar-refractivity contribution is -0.386. The number of pyridine rings is 1. The summed E-state index contributed by atoms with van der Waals surface area (Å²) in [5, 5.41) is 14.3. The van der Waals surface area contributed by atoms with Crippen molar-refractivity contribution in [1.82, 2.24) is 10.3 Å². The largest absolute Gasteiger partial charge is 0.381 e. The number of aryl methyl sites for hydroxylation is 1. The SMILES string of the molecule is Cc1cnc(CNCC2CCOC2)c(C)c1[N+](=O)[O-]. The van der Waals surface area contributed by atoms with Crippen molar-refractivity contribution in [2.24, 2.45) is 5.92 Å². The number of nitrogens with one attached hydrogen (secondary N) is 1. The first-order valence-corrected chi connectivity index (χ1v) is 6.47. The standard InChI is InChI=1S/C13H19N3O3/c1-9-5-15-12(10(2)13(9)16(17)18)7-14-6-11-3-4-19-8-11/h5,11,14H,3-4,6-8H2,1-2H3. The van der Waals surface area contributed by atoms with Crippen molar-refractivity contribution >= 4 is 5.69 Å². The van der Waals surface area contributed by atoms with Crippen LogP contribution < -0.4 is 5.32 Å². The summed E-state index contributed by atoms with van der Waals surface area (Å²) in [5.74, 6) is 0.542. The summed E-state index contributed by atoms with van der Waals surface area (Å²) in [5.41, 5.74) is 2.18. The zero-order chi connectivity index (χ0) is 13.8. The minimum atomic E-state index is -0.333. The molecule has 0 bridgehead atoms. The molecular formula is C13H19N3O3. The van der Waals surface area contributed by atoms with Crippen LogP contribution in [0, 0.1) is 29.9 Å². The molecule has 1 atom stereocenters. The molecule has 1 unspecified atom stereocenters. The Balaban J connectivity index is 2.00. The Hall–Kier alpha value is -1.53. The molecule has 1 aromatic heterocycles. The van der Waals surface area contributed by atoms with Crippen LogP contribution >= 0.6 is 0 Å². The van der Waals surface area contributed by atoms with E-state index in [0.717, 1.165) is 31.9 Å². The number of hydrogen-bond donors (Lipinski definition) is 1. The Morgan fingerprint density at radius 3 is 3.00 bits per heavy atom. The first-order valence-electron chi connectivity index (χ1n) is 6.47. The minimum Gasteiger partial charge on any atom is -0.381 e. The van der Waals surface area contributed by atoms with Crippen LogP contribution in [-0.4, -0.2) is 29.7 Å². The maximum Gasteiger partial charge on any atom is 0.278 e. The van der Waals surface area contributed by atoms with Crippen molar-refractivity contribution in [3.8, 4) is 0 Å². The van der Waals surface area contributed by atoms with E-state index in [9.17, 15) is 10.1 Å². The molecule has 0 radical (unpaired) electrons. The highest BCUT2D eigenvalue weighted by Gasteiger charge is 2.19. The van der Waals surface area contributed by atoms with Crippen LogP contribution in [0.4, 0.5) is 5.69 Å². The maximum absolute atomic E-state index is 11.0. The molecule has 0 spiro atoms. The van der Waals surface area contributed by atoms with Crippen molar-refractivity contribution in [3.63, 3.8) is 0 Å². The molecule has 1 aromatic rings. The quantitative estimate of drug-likeness (QED) is 0.648. The monoisotopic (exact) mass is 265 g/mol. The van der Waals surface area contributed by atoms with Gasteiger partial charge in [0.2, 0.25) is 0 Å². The van der Waals surface area contributed by atoms with Gasteiger partial charge in [0.25, 0.3) is 5.69 Å². The van der Waals surface area contributed by atoms with Gasteiger partial charge in [0.15, 0.2) is 0 Å². The fraction of sp³-hybridized carbons (Fsp3) is 0.615. The Morgan fingerprint density at radius 1 is 1.58 bits per heavy atom. The lowest BCUT2D eigenvalue weighted by Crippen LogP contribution is -2.23. The molecule has 0 aliphatic carbocycles. The van der Waals surface area contributed by atoms with Gasteiger partial charge in [-0.15, -0.1) is 0 Å². The van der Waals surface area contributed by atoms with E-state index in [1.54, 1.807) is 20.0 Å².